The smallest absolute Gasteiger partial charge is 0.275 e. The average molecular weight is 290 g/mol. The first-order valence-corrected chi connectivity index (χ1v) is 6.68. The third-order valence-corrected chi connectivity index (χ3v) is 2.93. The standard InChI is InChI=1S/C16H22N2O3/c1-18(2)14-10-8-13(9-11-14)15(16(19)17-20)7-5-4-6-12-21-3/h4-5,7-11,20H,6,12H2,1-3H3,(H,17,19). The zero-order valence-corrected chi connectivity index (χ0v) is 12.7. The van der Waals surface area contributed by atoms with Gasteiger partial charge in [-0.25, -0.2) is 5.48 Å². The molecule has 21 heavy (non-hydrogen) atoms. The molecular weight excluding hydrogens is 268 g/mol. The van der Waals surface area contributed by atoms with E-state index in [1.165, 1.54) is 0 Å². The van der Waals surface area contributed by atoms with Crippen LogP contribution in [0.3, 0.4) is 0 Å². The first-order chi connectivity index (χ1) is 10.1. The summed E-state index contributed by atoms with van der Waals surface area (Å²) in [7, 11) is 5.54. The second-order valence-electron chi connectivity index (χ2n) is 4.67. The number of allylic oxidation sites excluding steroid dienone is 2. The molecule has 1 aromatic carbocycles. The highest BCUT2D eigenvalue weighted by molar-refractivity contribution is 6.19. The van der Waals surface area contributed by atoms with E-state index in [2.05, 4.69) is 0 Å². The molecule has 0 heterocycles. The molecule has 2 N–H and O–H groups in total. The van der Waals surface area contributed by atoms with Crippen molar-refractivity contribution in [1.29, 1.82) is 0 Å². The summed E-state index contributed by atoms with van der Waals surface area (Å²) in [5, 5.41) is 8.86. The molecule has 0 spiro atoms. The van der Waals surface area contributed by atoms with Crippen molar-refractivity contribution in [2.45, 2.75) is 6.42 Å². The van der Waals surface area contributed by atoms with E-state index < -0.39 is 5.91 Å². The minimum Gasteiger partial charge on any atom is -0.384 e. The molecule has 0 radical (unpaired) electrons. The minimum absolute atomic E-state index is 0.400. The molecule has 0 saturated carbocycles. The molecule has 5 nitrogen and oxygen atoms in total. The molecule has 0 unspecified atom stereocenters. The molecule has 1 amide bonds. The Bertz CT molecular complexity index is 505. The van der Waals surface area contributed by atoms with Gasteiger partial charge in [0, 0.05) is 39.1 Å². The Morgan fingerprint density at radius 2 is 2.00 bits per heavy atom. The van der Waals surface area contributed by atoms with Crippen LogP contribution in [0.4, 0.5) is 5.69 Å². The minimum atomic E-state index is -0.538. The van der Waals surface area contributed by atoms with E-state index in [4.69, 9.17) is 9.94 Å². The molecule has 0 aliphatic carbocycles. The summed E-state index contributed by atoms with van der Waals surface area (Å²) < 4.78 is 4.94. The van der Waals surface area contributed by atoms with Gasteiger partial charge in [-0.15, -0.1) is 0 Å². The summed E-state index contributed by atoms with van der Waals surface area (Å²) in [6.45, 7) is 0.628. The quantitative estimate of drug-likeness (QED) is 0.266. The monoisotopic (exact) mass is 290 g/mol. The largest absolute Gasteiger partial charge is 0.384 e. The van der Waals surface area contributed by atoms with Crippen molar-refractivity contribution in [1.82, 2.24) is 5.48 Å². The van der Waals surface area contributed by atoms with Gasteiger partial charge in [0.05, 0.1) is 0 Å². The Kier molecular flexibility index (Phi) is 7.21. The molecule has 0 aliphatic heterocycles. The van der Waals surface area contributed by atoms with Crippen LogP contribution in [-0.2, 0) is 9.53 Å². The highest BCUT2D eigenvalue weighted by Crippen LogP contribution is 2.19. The number of nitrogens with one attached hydrogen (secondary N) is 1. The van der Waals surface area contributed by atoms with E-state index in [0.29, 0.717) is 12.2 Å². The lowest BCUT2D eigenvalue weighted by molar-refractivity contribution is -0.123. The van der Waals surface area contributed by atoms with Gasteiger partial charge >= 0.3 is 0 Å². The van der Waals surface area contributed by atoms with Gasteiger partial charge in [0.15, 0.2) is 0 Å². The lowest BCUT2D eigenvalue weighted by atomic mass is 10.0. The van der Waals surface area contributed by atoms with Crippen LogP contribution in [0.25, 0.3) is 5.57 Å². The number of carbonyl (C=O) groups is 1. The number of nitrogens with zero attached hydrogens (tertiary/aromatic N) is 1. The van der Waals surface area contributed by atoms with Crippen molar-refractivity contribution in [2.24, 2.45) is 0 Å². The number of methoxy groups -OCH3 is 1. The summed E-state index contributed by atoms with van der Waals surface area (Å²) in [4.78, 5) is 13.7. The second-order valence-corrected chi connectivity index (χ2v) is 4.67. The maximum Gasteiger partial charge on any atom is 0.275 e. The summed E-state index contributed by atoms with van der Waals surface area (Å²) in [5.41, 5.74) is 3.86. The SMILES string of the molecule is COCCC=CC=C(C(=O)NO)c1ccc(N(C)C)cc1. The van der Waals surface area contributed by atoms with Crippen LogP contribution in [0.1, 0.15) is 12.0 Å². The van der Waals surface area contributed by atoms with Gasteiger partial charge in [0.25, 0.3) is 5.91 Å². The van der Waals surface area contributed by atoms with E-state index in [0.717, 1.165) is 17.7 Å². The number of benzene rings is 1. The number of rotatable bonds is 7. The summed E-state index contributed by atoms with van der Waals surface area (Å²) in [5.74, 6) is -0.538. The molecule has 0 saturated heterocycles. The molecule has 114 valence electrons. The van der Waals surface area contributed by atoms with Gasteiger partial charge in [-0.1, -0.05) is 24.3 Å². The Labute approximate surface area is 125 Å². The van der Waals surface area contributed by atoms with Gasteiger partial charge in [0.2, 0.25) is 0 Å². The van der Waals surface area contributed by atoms with E-state index in [1.54, 1.807) is 24.7 Å². The number of ether oxygens (including phenoxy) is 1. The van der Waals surface area contributed by atoms with Gasteiger partial charge in [-0.05, 0) is 30.2 Å². The highest BCUT2D eigenvalue weighted by Gasteiger charge is 2.10. The van der Waals surface area contributed by atoms with Crippen molar-refractivity contribution < 1.29 is 14.7 Å². The number of anilines is 1. The zero-order chi connectivity index (χ0) is 15.7. The Hall–Kier alpha value is -2.11. The molecular formula is C16H22N2O3. The van der Waals surface area contributed by atoms with E-state index in [9.17, 15) is 4.79 Å². The number of carbonyl (C=O) groups excluding carboxylic acids is 1. The predicted molar refractivity (Wildman–Crippen MR) is 84.3 cm³/mol. The molecule has 5 heteroatoms. The number of hydrogen-bond acceptors (Lipinski definition) is 4. The normalized spacial score (nSPS) is 11.7. The molecule has 0 bridgehead atoms. The van der Waals surface area contributed by atoms with Crippen LogP contribution in [-0.4, -0.2) is 38.9 Å². The van der Waals surface area contributed by atoms with Crippen molar-refractivity contribution in [3.63, 3.8) is 0 Å². The number of hydroxylamine groups is 1. The van der Waals surface area contributed by atoms with Crippen molar-refractivity contribution in [3.05, 3.63) is 48.1 Å². The molecule has 1 rings (SSSR count). The van der Waals surface area contributed by atoms with Crippen molar-refractivity contribution in [3.8, 4) is 0 Å². The summed E-state index contributed by atoms with van der Waals surface area (Å²) in [6, 6.07) is 7.53. The van der Waals surface area contributed by atoms with Crippen LogP contribution >= 0.6 is 0 Å². The number of hydrogen-bond donors (Lipinski definition) is 2. The Morgan fingerprint density at radius 1 is 1.33 bits per heavy atom. The van der Waals surface area contributed by atoms with Gasteiger partial charge in [-0.3, -0.25) is 10.0 Å². The van der Waals surface area contributed by atoms with Gasteiger partial charge in [-0.2, -0.15) is 0 Å². The van der Waals surface area contributed by atoms with Crippen LogP contribution in [0.2, 0.25) is 0 Å². The summed E-state index contributed by atoms with van der Waals surface area (Å²) >= 11 is 0. The zero-order valence-electron chi connectivity index (χ0n) is 12.7. The fourth-order valence-electron chi connectivity index (χ4n) is 1.75. The Balaban J connectivity index is 2.94. The van der Waals surface area contributed by atoms with Crippen molar-refractivity contribution in [2.75, 3.05) is 32.7 Å². The maximum atomic E-state index is 11.8. The first-order valence-electron chi connectivity index (χ1n) is 6.68. The molecule has 0 fully saturated rings. The lowest BCUT2D eigenvalue weighted by Gasteiger charge is -2.13. The lowest BCUT2D eigenvalue weighted by Crippen LogP contribution is -2.20. The average Bonchev–Trinajstić information content (AvgIpc) is 2.50. The van der Waals surface area contributed by atoms with Crippen LogP contribution < -0.4 is 10.4 Å². The van der Waals surface area contributed by atoms with Gasteiger partial charge in [0.1, 0.15) is 0 Å². The van der Waals surface area contributed by atoms with Crippen LogP contribution in [0.5, 0.6) is 0 Å². The third kappa shape index (κ3) is 5.41. The van der Waals surface area contributed by atoms with E-state index in [1.807, 2.05) is 49.3 Å². The van der Waals surface area contributed by atoms with Crippen LogP contribution in [0, 0.1) is 0 Å². The number of amides is 1. The molecule has 1 aromatic rings. The first kappa shape index (κ1) is 16.9. The van der Waals surface area contributed by atoms with Gasteiger partial charge < -0.3 is 9.64 Å². The predicted octanol–water partition coefficient (Wildman–Crippen LogP) is 2.23. The second kappa shape index (κ2) is 8.94. The topological polar surface area (TPSA) is 61.8 Å². The van der Waals surface area contributed by atoms with E-state index >= 15 is 0 Å². The van der Waals surface area contributed by atoms with E-state index in [-0.39, 0.29) is 0 Å². The Morgan fingerprint density at radius 3 is 2.52 bits per heavy atom. The fourth-order valence-corrected chi connectivity index (χ4v) is 1.75. The molecule has 0 aliphatic rings. The molecule has 0 atom stereocenters. The highest BCUT2D eigenvalue weighted by atomic mass is 16.5. The fraction of sp³-hybridized carbons (Fsp3) is 0.312. The molecule has 0 aromatic heterocycles. The summed E-state index contributed by atoms with van der Waals surface area (Å²) in [6.07, 6.45) is 6.12. The van der Waals surface area contributed by atoms with Crippen molar-refractivity contribution >= 4 is 17.2 Å². The maximum absolute atomic E-state index is 11.8. The third-order valence-electron chi connectivity index (χ3n) is 2.93. The van der Waals surface area contributed by atoms with Crippen LogP contribution in [0.15, 0.2) is 42.5 Å².